The number of carbonyl (C=O) groups excluding carboxylic acids is 2. The third-order valence-electron chi connectivity index (χ3n) is 4.59. The van der Waals surface area contributed by atoms with E-state index in [1.54, 1.807) is 24.3 Å². The number of nitriles is 1. The first-order valence-corrected chi connectivity index (χ1v) is 8.68. The zero-order valence-electron chi connectivity index (χ0n) is 14.5. The molecule has 1 atom stereocenters. The van der Waals surface area contributed by atoms with Gasteiger partial charge in [-0.2, -0.15) is 5.26 Å². The minimum atomic E-state index is -0.682. The summed E-state index contributed by atoms with van der Waals surface area (Å²) in [7, 11) is 0. The minimum absolute atomic E-state index is 0.0247. The van der Waals surface area contributed by atoms with Gasteiger partial charge in [0.05, 0.1) is 31.4 Å². The second kappa shape index (κ2) is 8.65. The van der Waals surface area contributed by atoms with E-state index in [1.165, 1.54) is 4.90 Å². The van der Waals surface area contributed by atoms with Gasteiger partial charge >= 0.3 is 6.09 Å². The zero-order chi connectivity index (χ0) is 18.4. The summed E-state index contributed by atoms with van der Waals surface area (Å²) in [5.74, 6) is -0.237. The average molecular weight is 358 g/mol. The lowest BCUT2D eigenvalue weighted by atomic mass is 10.1. The fourth-order valence-corrected chi connectivity index (χ4v) is 3.07. The van der Waals surface area contributed by atoms with Crippen molar-refractivity contribution in [2.75, 3.05) is 46.0 Å². The smallest absolute Gasteiger partial charge is 0.410 e. The van der Waals surface area contributed by atoms with Crippen molar-refractivity contribution >= 4 is 12.0 Å². The van der Waals surface area contributed by atoms with Crippen LogP contribution in [0.1, 0.15) is 11.1 Å². The van der Waals surface area contributed by atoms with Gasteiger partial charge in [0.1, 0.15) is 12.6 Å². The van der Waals surface area contributed by atoms with Gasteiger partial charge in [-0.25, -0.2) is 4.79 Å². The molecule has 1 N–H and O–H groups in total. The lowest BCUT2D eigenvalue weighted by Crippen LogP contribution is -2.48. The Morgan fingerprint density at radius 1 is 1.31 bits per heavy atom. The highest BCUT2D eigenvalue weighted by molar-refractivity contribution is 5.87. The number of hydrogen-bond donors (Lipinski definition) is 1. The van der Waals surface area contributed by atoms with E-state index in [1.807, 2.05) is 0 Å². The Bertz CT molecular complexity index is 697. The van der Waals surface area contributed by atoms with Gasteiger partial charge in [-0.1, -0.05) is 18.2 Å². The minimum Gasteiger partial charge on any atom is -0.447 e. The first-order valence-electron chi connectivity index (χ1n) is 8.68. The maximum absolute atomic E-state index is 12.5. The maximum Gasteiger partial charge on any atom is 0.410 e. The van der Waals surface area contributed by atoms with Crippen LogP contribution in [0.5, 0.6) is 0 Å². The molecule has 26 heavy (non-hydrogen) atoms. The van der Waals surface area contributed by atoms with Gasteiger partial charge in [-0.05, 0) is 11.6 Å². The Morgan fingerprint density at radius 3 is 2.85 bits per heavy atom. The quantitative estimate of drug-likeness (QED) is 0.787. The van der Waals surface area contributed by atoms with Crippen molar-refractivity contribution in [2.24, 2.45) is 0 Å². The highest BCUT2D eigenvalue weighted by atomic mass is 16.6. The molecule has 8 nitrogen and oxygen atoms in total. The van der Waals surface area contributed by atoms with Crippen LogP contribution in [0.15, 0.2) is 24.3 Å². The van der Waals surface area contributed by atoms with Crippen LogP contribution in [0.4, 0.5) is 4.79 Å². The summed E-state index contributed by atoms with van der Waals surface area (Å²) in [5, 5.41) is 12.1. The number of rotatable bonds is 6. The predicted octanol–water partition coefficient (Wildman–Crippen LogP) is 0.327. The van der Waals surface area contributed by atoms with Gasteiger partial charge in [0, 0.05) is 26.2 Å². The Kier molecular flexibility index (Phi) is 6.04. The van der Waals surface area contributed by atoms with E-state index < -0.39 is 12.1 Å². The number of ether oxygens (including phenoxy) is 2. The molecule has 2 saturated heterocycles. The van der Waals surface area contributed by atoms with Crippen molar-refractivity contribution in [1.29, 1.82) is 5.26 Å². The second-order valence-corrected chi connectivity index (χ2v) is 6.23. The molecule has 0 aromatic heterocycles. The molecular formula is C18H22N4O4. The van der Waals surface area contributed by atoms with Crippen LogP contribution in [0.3, 0.4) is 0 Å². The molecule has 138 valence electrons. The molecule has 0 saturated carbocycles. The molecule has 2 amide bonds. The van der Waals surface area contributed by atoms with Crippen LogP contribution in [0.25, 0.3) is 0 Å². The molecule has 0 spiro atoms. The van der Waals surface area contributed by atoms with Crippen molar-refractivity contribution in [3.63, 3.8) is 0 Å². The van der Waals surface area contributed by atoms with Crippen molar-refractivity contribution in [2.45, 2.75) is 12.6 Å². The number of carbonyl (C=O) groups is 2. The normalized spacial score (nSPS) is 20.5. The van der Waals surface area contributed by atoms with Crippen molar-refractivity contribution < 1.29 is 19.1 Å². The summed E-state index contributed by atoms with van der Waals surface area (Å²) in [4.78, 5) is 28.1. The number of hydrogen-bond acceptors (Lipinski definition) is 6. The van der Waals surface area contributed by atoms with E-state index in [4.69, 9.17) is 9.47 Å². The van der Waals surface area contributed by atoms with Crippen molar-refractivity contribution in [1.82, 2.24) is 15.1 Å². The summed E-state index contributed by atoms with van der Waals surface area (Å²) < 4.78 is 10.4. The van der Waals surface area contributed by atoms with Crippen LogP contribution in [-0.4, -0.2) is 73.8 Å². The van der Waals surface area contributed by atoms with E-state index >= 15 is 0 Å². The monoisotopic (exact) mass is 358 g/mol. The summed E-state index contributed by atoms with van der Waals surface area (Å²) in [6.45, 7) is 4.59. The third-order valence-corrected chi connectivity index (χ3v) is 4.59. The van der Waals surface area contributed by atoms with Crippen molar-refractivity contribution in [3.05, 3.63) is 35.4 Å². The molecule has 0 bridgehead atoms. The molecular weight excluding hydrogens is 336 g/mol. The molecule has 0 unspecified atom stereocenters. The van der Waals surface area contributed by atoms with Gasteiger partial charge in [0.25, 0.3) is 0 Å². The van der Waals surface area contributed by atoms with E-state index in [2.05, 4.69) is 16.3 Å². The third kappa shape index (κ3) is 4.31. The summed E-state index contributed by atoms with van der Waals surface area (Å²) >= 11 is 0. The lowest BCUT2D eigenvalue weighted by molar-refractivity contribution is -0.125. The molecule has 0 radical (unpaired) electrons. The van der Waals surface area contributed by atoms with Gasteiger partial charge in [-0.3, -0.25) is 14.6 Å². The predicted molar refractivity (Wildman–Crippen MR) is 92.1 cm³/mol. The number of morpholine rings is 1. The van der Waals surface area contributed by atoms with Crippen LogP contribution >= 0.6 is 0 Å². The SMILES string of the molecule is N#Cc1ccccc1CN1C(=O)OC[C@H]1C(=O)NCCN1CCOCC1. The van der Waals surface area contributed by atoms with Crippen LogP contribution in [-0.2, 0) is 20.8 Å². The lowest BCUT2D eigenvalue weighted by Gasteiger charge is -2.27. The fraction of sp³-hybridized carbons (Fsp3) is 0.500. The van der Waals surface area contributed by atoms with E-state index in [-0.39, 0.29) is 19.1 Å². The van der Waals surface area contributed by atoms with Gasteiger partial charge in [0.15, 0.2) is 0 Å². The number of nitrogens with zero attached hydrogens (tertiary/aromatic N) is 3. The average Bonchev–Trinajstić information content (AvgIpc) is 3.03. The Labute approximate surface area is 152 Å². The number of cyclic esters (lactones) is 1. The van der Waals surface area contributed by atoms with Gasteiger partial charge in [-0.15, -0.1) is 0 Å². The first kappa shape index (κ1) is 18.2. The molecule has 2 aliphatic rings. The zero-order valence-corrected chi connectivity index (χ0v) is 14.5. The molecule has 3 rings (SSSR count). The topological polar surface area (TPSA) is 94.9 Å². The molecule has 0 aliphatic carbocycles. The molecule has 1 aromatic rings. The molecule has 2 fully saturated rings. The summed E-state index contributed by atoms with van der Waals surface area (Å²) in [6.07, 6.45) is -0.536. The van der Waals surface area contributed by atoms with Crippen LogP contribution in [0.2, 0.25) is 0 Å². The highest BCUT2D eigenvalue weighted by Crippen LogP contribution is 2.19. The maximum atomic E-state index is 12.5. The summed E-state index contributed by atoms with van der Waals surface area (Å²) in [5.41, 5.74) is 1.18. The van der Waals surface area contributed by atoms with Crippen LogP contribution < -0.4 is 5.32 Å². The van der Waals surface area contributed by atoms with Gasteiger partial charge in [0.2, 0.25) is 5.91 Å². The Hall–Kier alpha value is -2.63. The van der Waals surface area contributed by atoms with Crippen molar-refractivity contribution in [3.8, 4) is 6.07 Å². The summed E-state index contributed by atoms with van der Waals surface area (Å²) in [6, 6.07) is 8.45. The van der Waals surface area contributed by atoms with Gasteiger partial charge < -0.3 is 14.8 Å². The number of nitrogens with one attached hydrogen (secondary N) is 1. The first-order chi connectivity index (χ1) is 12.7. The molecule has 8 heteroatoms. The van der Waals surface area contributed by atoms with E-state index in [0.29, 0.717) is 30.9 Å². The Morgan fingerprint density at radius 2 is 2.08 bits per heavy atom. The number of amides is 2. The standard InChI is InChI=1S/C18H22N4O4/c19-11-14-3-1-2-4-15(14)12-22-16(13-26-18(22)24)17(23)20-5-6-21-7-9-25-10-8-21/h1-4,16H,5-10,12-13H2,(H,20,23)/t16-/m0/s1. The number of benzene rings is 1. The molecule has 2 aliphatic heterocycles. The second-order valence-electron chi connectivity index (χ2n) is 6.23. The molecule has 1 aromatic carbocycles. The largest absolute Gasteiger partial charge is 0.447 e. The van der Waals surface area contributed by atoms with E-state index in [0.717, 1.165) is 19.6 Å². The Balaban J connectivity index is 1.56. The van der Waals surface area contributed by atoms with Crippen LogP contribution in [0, 0.1) is 11.3 Å². The molecule has 2 heterocycles. The van der Waals surface area contributed by atoms with E-state index in [9.17, 15) is 14.9 Å². The fourth-order valence-electron chi connectivity index (χ4n) is 3.07. The highest BCUT2D eigenvalue weighted by Gasteiger charge is 2.38.